The predicted molar refractivity (Wildman–Crippen MR) is 112 cm³/mol. The first-order valence-corrected chi connectivity index (χ1v) is 10.6. The zero-order chi connectivity index (χ0) is 20.3. The van der Waals surface area contributed by atoms with E-state index in [2.05, 4.69) is 10.1 Å². The van der Waals surface area contributed by atoms with E-state index in [0.29, 0.717) is 15.6 Å². The molecule has 0 aliphatic heterocycles. The molecule has 0 unspecified atom stereocenters. The average Bonchev–Trinajstić information content (AvgIpc) is 3.38. The summed E-state index contributed by atoms with van der Waals surface area (Å²) in [6.45, 7) is 1.87. The lowest BCUT2D eigenvalue weighted by atomic mass is 10.1. The first kappa shape index (κ1) is 18.6. The van der Waals surface area contributed by atoms with Crippen molar-refractivity contribution in [1.82, 2.24) is 14.6 Å². The van der Waals surface area contributed by atoms with E-state index in [9.17, 15) is 13.2 Å². The molecule has 0 radical (unpaired) electrons. The van der Waals surface area contributed by atoms with Crippen molar-refractivity contribution in [1.29, 1.82) is 0 Å². The van der Waals surface area contributed by atoms with Gasteiger partial charge in [0.05, 0.1) is 15.4 Å². The summed E-state index contributed by atoms with van der Waals surface area (Å²) < 4.78 is 43.3. The van der Waals surface area contributed by atoms with Crippen molar-refractivity contribution in [3.63, 3.8) is 0 Å². The molecule has 9 heteroatoms. The minimum atomic E-state index is -4.57. The van der Waals surface area contributed by atoms with Crippen LogP contribution in [0.3, 0.4) is 0 Å². The summed E-state index contributed by atoms with van der Waals surface area (Å²) in [5, 5.41) is 7.52. The van der Waals surface area contributed by atoms with Gasteiger partial charge in [-0.2, -0.15) is 18.3 Å². The van der Waals surface area contributed by atoms with Crippen LogP contribution in [0.15, 0.2) is 47.8 Å². The number of halogens is 4. The molecule has 4 aromatic heterocycles. The lowest BCUT2D eigenvalue weighted by Crippen LogP contribution is -2.13. The van der Waals surface area contributed by atoms with E-state index in [-0.39, 0.29) is 11.3 Å². The molecule has 29 heavy (non-hydrogen) atoms. The standard InChI is InChI=1S/C20H11ClF3N3S2/c1-10-12-7-11(21)4-5-15(12)29-19(10)14-8-17(20(22,23)24)27-18(25-14)9-13(26-27)16-3-2-6-28-16/h2-9H,1H3. The topological polar surface area (TPSA) is 30.2 Å². The van der Waals surface area contributed by atoms with Gasteiger partial charge in [0.15, 0.2) is 11.3 Å². The number of rotatable bonds is 2. The summed E-state index contributed by atoms with van der Waals surface area (Å²) in [5.41, 5.74) is 0.908. The Morgan fingerprint density at radius 3 is 2.62 bits per heavy atom. The van der Waals surface area contributed by atoms with Gasteiger partial charge in [-0.1, -0.05) is 17.7 Å². The molecule has 0 N–H and O–H groups in total. The molecule has 4 heterocycles. The summed E-state index contributed by atoms with van der Waals surface area (Å²) >= 11 is 8.91. The molecule has 1 aromatic carbocycles. The Morgan fingerprint density at radius 2 is 1.90 bits per heavy atom. The molecule has 0 saturated heterocycles. The van der Waals surface area contributed by atoms with Gasteiger partial charge in [0.25, 0.3) is 0 Å². The summed E-state index contributed by atoms with van der Waals surface area (Å²) in [6, 6.07) is 11.8. The largest absolute Gasteiger partial charge is 0.433 e. The highest BCUT2D eigenvalue weighted by molar-refractivity contribution is 7.22. The van der Waals surface area contributed by atoms with Gasteiger partial charge < -0.3 is 0 Å². The molecule has 3 nitrogen and oxygen atoms in total. The van der Waals surface area contributed by atoms with Crippen molar-refractivity contribution >= 4 is 50.0 Å². The average molecular weight is 450 g/mol. The van der Waals surface area contributed by atoms with Crippen molar-refractivity contribution in [2.45, 2.75) is 13.1 Å². The lowest BCUT2D eigenvalue weighted by molar-refractivity contribution is -0.142. The van der Waals surface area contributed by atoms with Crippen LogP contribution in [-0.2, 0) is 6.18 Å². The Kier molecular flexibility index (Phi) is 4.20. The van der Waals surface area contributed by atoms with Gasteiger partial charge in [-0.3, -0.25) is 0 Å². The van der Waals surface area contributed by atoms with Crippen LogP contribution in [0.1, 0.15) is 11.3 Å². The molecule has 0 spiro atoms. The maximum absolute atomic E-state index is 13.8. The van der Waals surface area contributed by atoms with E-state index in [1.165, 1.54) is 22.7 Å². The Balaban J connectivity index is 1.78. The highest BCUT2D eigenvalue weighted by atomic mass is 35.5. The summed E-state index contributed by atoms with van der Waals surface area (Å²) in [6.07, 6.45) is -4.57. The fraction of sp³-hybridized carbons (Fsp3) is 0.100. The third-order valence-corrected chi connectivity index (χ3v) is 7.04. The van der Waals surface area contributed by atoms with Gasteiger partial charge >= 0.3 is 6.18 Å². The smallest absolute Gasteiger partial charge is 0.228 e. The molecule has 0 bridgehead atoms. The van der Waals surface area contributed by atoms with Crippen LogP contribution in [-0.4, -0.2) is 14.6 Å². The Hall–Kier alpha value is -2.42. The zero-order valence-corrected chi connectivity index (χ0v) is 17.2. The zero-order valence-electron chi connectivity index (χ0n) is 14.8. The Bertz CT molecular complexity index is 1370. The van der Waals surface area contributed by atoms with Gasteiger partial charge in [0, 0.05) is 15.8 Å². The second-order valence-electron chi connectivity index (χ2n) is 6.50. The van der Waals surface area contributed by atoms with E-state index in [1.807, 2.05) is 36.6 Å². The molecule has 0 saturated carbocycles. The number of aromatic nitrogens is 3. The van der Waals surface area contributed by atoms with Crippen LogP contribution >= 0.6 is 34.3 Å². The molecule has 0 aliphatic rings. The molecular weight excluding hydrogens is 439 g/mol. The number of aryl methyl sites for hydroxylation is 1. The summed E-state index contributed by atoms with van der Waals surface area (Å²) in [7, 11) is 0. The molecule has 0 aliphatic carbocycles. The highest BCUT2D eigenvalue weighted by Gasteiger charge is 2.35. The minimum Gasteiger partial charge on any atom is -0.228 e. The Labute approximate surface area is 176 Å². The fourth-order valence-electron chi connectivity index (χ4n) is 3.27. The van der Waals surface area contributed by atoms with Crippen LogP contribution in [0.2, 0.25) is 5.02 Å². The van der Waals surface area contributed by atoms with E-state index in [0.717, 1.165) is 31.1 Å². The second-order valence-corrected chi connectivity index (χ2v) is 8.93. The van der Waals surface area contributed by atoms with Gasteiger partial charge in [0.2, 0.25) is 0 Å². The number of benzene rings is 1. The fourth-order valence-corrected chi connectivity index (χ4v) is 5.28. The van der Waals surface area contributed by atoms with Crippen LogP contribution in [0, 0.1) is 6.92 Å². The Morgan fingerprint density at radius 1 is 1.07 bits per heavy atom. The number of hydrogen-bond donors (Lipinski definition) is 0. The predicted octanol–water partition coefficient (Wildman–Crippen LogP) is 7.32. The maximum atomic E-state index is 13.8. The maximum Gasteiger partial charge on any atom is 0.433 e. The monoisotopic (exact) mass is 449 g/mol. The summed E-state index contributed by atoms with van der Waals surface area (Å²) in [5.74, 6) is 0. The van der Waals surface area contributed by atoms with Crippen molar-refractivity contribution in [2.24, 2.45) is 0 Å². The van der Waals surface area contributed by atoms with Gasteiger partial charge in [-0.05, 0) is 53.6 Å². The van der Waals surface area contributed by atoms with Crippen molar-refractivity contribution < 1.29 is 13.2 Å². The normalized spacial score (nSPS) is 12.3. The molecular formula is C20H11ClF3N3S2. The lowest BCUT2D eigenvalue weighted by Gasteiger charge is -2.10. The first-order valence-electron chi connectivity index (χ1n) is 8.52. The van der Waals surface area contributed by atoms with Gasteiger partial charge in [0.1, 0.15) is 5.69 Å². The number of fused-ring (bicyclic) bond motifs is 2. The molecule has 146 valence electrons. The summed E-state index contributed by atoms with van der Waals surface area (Å²) in [4.78, 5) is 5.99. The molecule has 0 fully saturated rings. The van der Waals surface area contributed by atoms with Gasteiger partial charge in [-0.15, -0.1) is 22.7 Å². The number of thiophene rings is 2. The molecule has 5 aromatic rings. The minimum absolute atomic E-state index is 0.160. The quantitative estimate of drug-likeness (QED) is 0.282. The third kappa shape index (κ3) is 3.11. The highest BCUT2D eigenvalue weighted by Crippen LogP contribution is 2.41. The number of hydrogen-bond acceptors (Lipinski definition) is 4. The SMILES string of the molecule is Cc1c(-c2cc(C(F)(F)F)n3nc(-c4cccs4)cc3n2)sc2ccc(Cl)cc12. The van der Waals surface area contributed by atoms with Crippen LogP contribution in [0.4, 0.5) is 13.2 Å². The molecule has 0 atom stereocenters. The van der Waals surface area contributed by atoms with Crippen molar-refractivity contribution in [3.8, 4) is 21.1 Å². The first-order chi connectivity index (χ1) is 13.8. The van der Waals surface area contributed by atoms with Crippen LogP contribution in [0.5, 0.6) is 0 Å². The van der Waals surface area contributed by atoms with Crippen molar-refractivity contribution in [2.75, 3.05) is 0 Å². The second kappa shape index (κ2) is 6.55. The van der Waals surface area contributed by atoms with E-state index < -0.39 is 11.9 Å². The van der Waals surface area contributed by atoms with Gasteiger partial charge in [-0.25, -0.2) is 9.50 Å². The molecule has 0 amide bonds. The van der Waals surface area contributed by atoms with Crippen LogP contribution < -0.4 is 0 Å². The molecule has 5 rings (SSSR count). The van der Waals surface area contributed by atoms with Crippen molar-refractivity contribution in [3.05, 3.63) is 64.1 Å². The van der Waals surface area contributed by atoms with E-state index >= 15 is 0 Å². The van der Waals surface area contributed by atoms with E-state index in [1.54, 1.807) is 12.1 Å². The third-order valence-electron chi connectivity index (χ3n) is 4.62. The number of nitrogens with zero attached hydrogens (tertiary/aromatic N) is 3. The van der Waals surface area contributed by atoms with E-state index in [4.69, 9.17) is 11.6 Å². The van der Waals surface area contributed by atoms with Crippen LogP contribution in [0.25, 0.3) is 36.9 Å². The number of alkyl halides is 3.